The van der Waals surface area contributed by atoms with Crippen LogP contribution in [0.2, 0.25) is 0 Å². The van der Waals surface area contributed by atoms with Gasteiger partial charge in [0, 0.05) is 28.7 Å². The Morgan fingerprint density at radius 1 is 1.40 bits per heavy atom. The first kappa shape index (κ1) is 13.4. The summed E-state index contributed by atoms with van der Waals surface area (Å²) in [5.41, 5.74) is 1.17. The molecule has 0 unspecified atom stereocenters. The summed E-state index contributed by atoms with van der Waals surface area (Å²) < 4.78 is 7.94. The van der Waals surface area contributed by atoms with Gasteiger partial charge in [-0.2, -0.15) is 0 Å². The van der Waals surface area contributed by atoms with Gasteiger partial charge in [0.05, 0.1) is 0 Å². The molecular formula is C13H10BrN3O2S. The number of halogens is 1. The van der Waals surface area contributed by atoms with Crippen molar-refractivity contribution in [2.75, 3.05) is 0 Å². The summed E-state index contributed by atoms with van der Waals surface area (Å²) in [7, 11) is 1.89. The van der Waals surface area contributed by atoms with Crippen molar-refractivity contribution in [2.45, 2.75) is 10.9 Å². The minimum absolute atomic E-state index is 0.343. The van der Waals surface area contributed by atoms with Crippen molar-refractivity contribution in [2.24, 2.45) is 7.05 Å². The molecule has 0 aliphatic heterocycles. The highest BCUT2D eigenvalue weighted by Gasteiger charge is 2.08. The van der Waals surface area contributed by atoms with Crippen LogP contribution in [0.3, 0.4) is 0 Å². The van der Waals surface area contributed by atoms with E-state index in [1.54, 1.807) is 12.4 Å². The van der Waals surface area contributed by atoms with Crippen molar-refractivity contribution in [1.82, 2.24) is 14.8 Å². The minimum atomic E-state index is -0.343. The molecule has 102 valence electrons. The van der Waals surface area contributed by atoms with Crippen LogP contribution < -0.4 is 5.63 Å². The standard InChI is InChI=1S/C13H10BrN3O2S/c1-17-7-15-16-13(17)20-6-8-4-12(18)19-11-5-9(14)2-3-10(8)11/h2-5,7H,6H2,1H3. The number of aryl methyl sites for hydroxylation is 1. The molecule has 0 aliphatic rings. The Kier molecular flexibility index (Phi) is 3.62. The molecule has 0 N–H and O–H groups in total. The fourth-order valence-electron chi connectivity index (χ4n) is 1.87. The zero-order chi connectivity index (χ0) is 14.1. The van der Waals surface area contributed by atoms with Gasteiger partial charge in [0.15, 0.2) is 5.16 Å². The molecule has 5 nitrogen and oxygen atoms in total. The molecule has 0 bridgehead atoms. The average Bonchev–Trinajstić information content (AvgIpc) is 2.80. The van der Waals surface area contributed by atoms with Crippen molar-refractivity contribution in [1.29, 1.82) is 0 Å². The van der Waals surface area contributed by atoms with Crippen LogP contribution in [0, 0.1) is 0 Å². The normalized spacial score (nSPS) is 11.1. The summed E-state index contributed by atoms with van der Waals surface area (Å²) in [6.45, 7) is 0. The van der Waals surface area contributed by atoms with Gasteiger partial charge in [-0.1, -0.05) is 27.7 Å². The molecule has 1 aromatic carbocycles. The Bertz CT molecular complexity index is 828. The summed E-state index contributed by atoms with van der Waals surface area (Å²) in [5, 5.41) is 9.59. The fraction of sp³-hybridized carbons (Fsp3) is 0.154. The monoisotopic (exact) mass is 351 g/mol. The van der Waals surface area contributed by atoms with E-state index in [0.29, 0.717) is 11.3 Å². The molecule has 0 radical (unpaired) electrons. The minimum Gasteiger partial charge on any atom is -0.423 e. The summed E-state index contributed by atoms with van der Waals surface area (Å²) in [6.07, 6.45) is 1.65. The smallest absolute Gasteiger partial charge is 0.336 e. The number of thioether (sulfide) groups is 1. The Labute approximate surface area is 127 Å². The van der Waals surface area contributed by atoms with Crippen LogP contribution in [-0.4, -0.2) is 14.8 Å². The Balaban J connectivity index is 1.98. The van der Waals surface area contributed by atoms with Gasteiger partial charge < -0.3 is 8.98 Å². The highest BCUT2D eigenvalue weighted by Crippen LogP contribution is 2.26. The first-order valence-corrected chi connectivity index (χ1v) is 7.60. The molecule has 0 fully saturated rings. The lowest BCUT2D eigenvalue weighted by Gasteiger charge is -2.05. The van der Waals surface area contributed by atoms with Gasteiger partial charge in [0.1, 0.15) is 11.9 Å². The quantitative estimate of drug-likeness (QED) is 0.536. The first-order valence-electron chi connectivity index (χ1n) is 5.82. The van der Waals surface area contributed by atoms with Gasteiger partial charge in [0.25, 0.3) is 0 Å². The second-order valence-electron chi connectivity index (χ2n) is 4.24. The van der Waals surface area contributed by atoms with E-state index >= 15 is 0 Å². The molecule has 0 spiro atoms. The number of nitrogens with zero attached hydrogens (tertiary/aromatic N) is 3. The van der Waals surface area contributed by atoms with Crippen LogP contribution >= 0.6 is 27.7 Å². The highest BCUT2D eigenvalue weighted by molar-refractivity contribution is 9.10. The number of aromatic nitrogens is 3. The van der Waals surface area contributed by atoms with E-state index in [0.717, 1.165) is 20.6 Å². The van der Waals surface area contributed by atoms with Gasteiger partial charge >= 0.3 is 5.63 Å². The number of hydrogen-bond acceptors (Lipinski definition) is 5. The van der Waals surface area contributed by atoms with E-state index in [9.17, 15) is 4.79 Å². The zero-order valence-corrected chi connectivity index (χ0v) is 12.9. The van der Waals surface area contributed by atoms with Crippen LogP contribution in [0.1, 0.15) is 5.56 Å². The third-order valence-electron chi connectivity index (χ3n) is 2.82. The van der Waals surface area contributed by atoms with Gasteiger partial charge in [-0.05, 0) is 23.8 Å². The number of fused-ring (bicyclic) bond motifs is 1. The molecule has 0 atom stereocenters. The molecule has 7 heteroatoms. The lowest BCUT2D eigenvalue weighted by molar-refractivity contribution is 0.559. The van der Waals surface area contributed by atoms with Gasteiger partial charge in [0.2, 0.25) is 0 Å². The predicted molar refractivity (Wildman–Crippen MR) is 80.7 cm³/mol. The van der Waals surface area contributed by atoms with Crippen LogP contribution in [0.4, 0.5) is 0 Å². The molecule has 0 saturated carbocycles. The topological polar surface area (TPSA) is 60.9 Å². The van der Waals surface area contributed by atoms with Crippen molar-refractivity contribution >= 4 is 38.7 Å². The lowest BCUT2D eigenvalue weighted by Crippen LogP contribution is -2.00. The molecule has 2 aromatic heterocycles. The van der Waals surface area contributed by atoms with E-state index in [2.05, 4.69) is 26.1 Å². The van der Waals surface area contributed by atoms with E-state index in [-0.39, 0.29) is 5.63 Å². The number of hydrogen-bond donors (Lipinski definition) is 0. The summed E-state index contributed by atoms with van der Waals surface area (Å²) in [6, 6.07) is 7.20. The molecule has 0 saturated heterocycles. The molecule has 3 aromatic rings. The fourth-order valence-corrected chi connectivity index (χ4v) is 3.09. The van der Waals surface area contributed by atoms with Crippen LogP contribution in [0.25, 0.3) is 11.0 Å². The first-order chi connectivity index (χ1) is 9.63. The molecule has 2 heterocycles. The summed E-state index contributed by atoms with van der Waals surface area (Å²) in [5.74, 6) is 0.635. The van der Waals surface area contributed by atoms with E-state index in [4.69, 9.17) is 4.42 Å². The van der Waals surface area contributed by atoms with Gasteiger partial charge in [-0.15, -0.1) is 10.2 Å². The summed E-state index contributed by atoms with van der Waals surface area (Å²) >= 11 is 4.90. The second-order valence-corrected chi connectivity index (χ2v) is 6.10. The van der Waals surface area contributed by atoms with Crippen molar-refractivity contribution in [3.05, 3.63) is 51.0 Å². The van der Waals surface area contributed by atoms with Crippen molar-refractivity contribution in [3.8, 4) is 0 Å². The second kappa shape index (κ2) is 5.41. The molecule has 20 heavy (non-hydrogen) atoms. The molecule has 0 aliphatic carbocycles. The maximum absolute atomic E-state index is 11.6. The highest BCUT2D eigenvalue weighted by atomic mass is 79.9. The Morgan fingerprint density at radius 2 is 2.25 bits per heavy atom. The van der Waals surface area contributed by atoms with Crippen LogP contribution in [0.5, 0.6) is 0 Å². The van der Waals surface area contributed by atoms with Crippen LogP contribution in [0.15, 0.2) is 49.4 Å². The van der Waals surface area contributed by atoms with Gasteiger partial charge in [-0.3, -0.25) is 0 Å². The third-order valence-corrected chi connectivity index (χ3v) is 4.40. The average molecular weight is 352 g/mol. The lowest BCUT2D eigenvalue weighted by atomic mass is 10.1. The van der Waals surface area contributed by atoms with Crippen LogP contribution in [-0.2, 0) is 12.8 Å². The van der Waals surface area contributed by atoms with Crippen molar-refractivity contribution < 1.29 is 4.42 Å². The molecule has 3 rings (SSSR count). The molecule has 0 amide bonds. The van der Waals surface area contributed by atoms with Gasteiger partial charge in [-0.25, -0.2) is 4.79 Å². The molecular weight excluding hydrogens is 342 g/mol. The third kappa shape index (κ3) is 2.64. The SMILES string of the molecule is Cn1cnnc1SCc1cc(=O)oc2cc(Br)ccc12. The summed E-state index contributed by atoms with van der Waals surface area (Å²) in [4.78, 5) is 11.6. The largest absolute Gasteiger partial charge is 0.423 e. The number of rotatable bonds is 3. The number of benzene rings is 1. The Hall–Kier alpha value is -1.60. The Morgan fingerprint density at radius 3 is 3.00 bits per heavy atom. The van der Waals surface area contributed by atoms with E-state index < -0.39 is 0 Å². The maximum atomic E-state index is 11.6. The van der Waals surface area contributed by atoms with E-state index in [1.165, 1.54) is 17.8 Å². The van der Waals surface area contributed by atoms with Crippen molar-refractivity contribution in [3.63, 3.8) is 0 Å². The zero-order valence-electron chi connectivity index (χ0n) is 10.5. The maximum Gasteiger partial charge on any atom is 0.336 e. The van der Waals surface area contributed by atoms with E-state index in [1.807, 2.05) is 23.7 Å². The predicted octanol–water partition coefficient (Wildman–Crippen LogP) is 2.98.